The first-order valence-electron chi connectivity index (χ1n) is 8.54. The van der Waals surface area contributed by atoms with E-state index in [-0.39, 0.29) is 0 Å². The third kappa shape index (κ3) is 8.19. The Bertz CT molecular complexity index is 345. The van der Waals surface area contributed by atoms with Crippen LogP contribution in [0.2, 0.25) is 0 Å². The number of benzene rings is 1. The molecule has 0 atom stereocenters. The maximum Gasteiger partial charge on any atom is -0.0149 e. The molecule has 0 heteroatoms. The van der Waals surface area contributed by atoms with Gasteiger partial charge < -0.3 is 0 Å². The van der Waals surface area contributed by atoms with Crippen molar-refractivity contribution in [3.63, 3.8) is 0 Å². The molecule has 0 nitrogen and oxygen atoms in total. The Kier molecular flexibility index (Phi) is 10.0. The van der Waals surface area contributed by atoms with Gasteiger partial charge >= 0.3 is 0 Å². The van der Waals surface area contributed by atoms with E-state index in [1.807, 2.05) is 0 Å². The van der Waals surface area contributed by atoms with Gasteiger partial charge in [0.15, 0.2) is 0 Å². The Labute approximate surface area is 126 Å². The second-order valence-electron chi connectivity index (χ2n) is 5.71. The molecular weight excluding hydrogens is 240 g/mol. The van der Waals surface area contributed by atoms with Crippen LogP contribution in [0.1, 0.15) is 82.8 Å². The smallest absolute Gasteiger partial charge is 0.0149 e. The molecule has 1 radical (unpaired) electrons. The van der Waals surface area contributed by atoms with Gasteiger partial charge in [-0.1, -0.05) is 89.1 Å². The van der Waals surface area contributed by atoms with Crippen molar-refractivity contribution in [2.45, 2.75) is 78.1 Å². The van der Waals surface area contributed by atoms with Crippen molar-refractivity contribution >= 4 is 0 Å². The SMILES string of the molecule is CCCC/C=[C]\c1ccc(CCCCCCCC)cc1. The highest BCUT2D eigenvalue weighted by atomic mass is 14.0. The van der Waals surface area contributed by atoms with Crippen molar-refractivity contribution in [2.75, 3.05) is 0 Å². The number of unbranched alkanes of at least 4 members (excludes halogenated alkanes) is 7. The summed E-state index contributed by atoms with van der Waals surface area (Å²) in [6.45, 7) is 4.50. The maximum atomic E-state index is 3.37. The van der Waals surface area contributed by atoms with Crippen molar-refractivity contribution < 1.29 is 0 Å². The average molecular weight is 271 g/mol. The largest absolute Gasteiger partial charge is 0.0760 e. The zero-order chi connectivity index (χ0) is 14.5. The Morgan fingerprint density at radius 1 is 0.800 bits per heavy atom. The molecule has 0 unspecified atom stereocenters. The van der Waals surface area contributed by atoms with Gasteiger partial charge in [-0.3, -0.25) is 0 Å². The van der Waals surface area contributed by atoms with E-state index >= 15 is 0 Å². The summed E-state index contributed by atoms with van der Waals surface area (Å²) in [6, 6.07) is 8.94. The highest BCUT2D eigenvalue weighted by Gasteiger charge is 1.95. The van der Waals surface area contributed by atoms with Gasteiger partial charge in [-0.15, -0.1) is 0 Å². The minimum absolute atomic E-state index is 1.15. The number of hydrogen-bond acceptors (Lipinski definition) is 0. The van der Waals surface area contributed by atoms with Crippen LogP contribution in [0.25, 0.3) is 0 Å². The van der Waals surface area contributed by atoms with Crippen molar-refractivity contribution in [3.05, 3.63) is 47.5 Å². The fraction of sp³-hybridized carbons (Fsp3) is 0.600. The molecule has 1 aromatic rings. The van der Waals surface area contributed by atoms with Gasteiger partial charge in [-0.25, -0.2) is 0 Å². The molecule has 1 aromatic carbocycles. The molecule has 0 amide bonds. The summed E-state index contributed by atoms with van der Waals surface area (Å²) in [6.07, 6.45) is 18.7. The van der Waals surface area contributed by atoms with Crippen LogP contribution in [-0.2, 0) is 6.42 Å². The molecule has 0 saturated heterocycles. The predicted octanol–water partition coefficient (Wildman–Crippen LogP) is 6.49. The van der Waals surface area contributed by atoms with Crippen molar-refractivity contribution in [1.82, 2.24) is 0 Å². The van der Waals surface area contributed by atoms with Crippen LogP contribution in [0.4, 0.5) is 0 Å². The molecule has 0 fully saturated rings. The molecule has 0 aliphatic rings. The summed E-state index contributed by atoms with van der Waals surface area (Å²) >= 11 is 0. The Morgan fingerprint density at radius 2 is 1.45 bits per heavy atom. The van der Waals surface area contributed by atoms with E-state index in [4.69, 9.17) is 0 Å². The summed E-state index contributed by atoms with van der Waals surface area (Å²) in [5.74, 6) is 0. The van der Waals surface area contributed by atoms with Gasteiger partial charge in [0.25, 0.3) is 0 Å². The van der Waals surface area contributed by atoms with Crippen molar-refractivity contribution in [2.24, 2.45) is 0 Å². The zero-order valence-electron chi connectivity index (χ0n) is 13.5. The van der Waals surface area contributed by atoms with Crippen LogP contribution in [0.5, 0.6) is 0 Å². The van der Waals surface area contributed by atoms with E-state index in [2.05, 4.69) is 50.3 Å². The molecule has 20 heavy (non-hydrogen) atoms. The average Bonchev–Trinajstić information content (AvgIpc) is 2.49. The summed E-state index contributed by atoms with van der Waals surface area (Å²) < 4.78 is 0. The van der Waals surface area contributed by atoms with Crippen molar-refractivity contribution in [1.29, 1.82) is 0 Å². The van der Waals surface area contributed by atoms with Gasteiger partial charge in [0.05, 0.1) is 0 Å². The van der Waals surface area contributed by atoms with E-state index < -0.39 is 0 Å². The molecule has 0 heterocycles. The fourth-order valence-corrected chi connectivity index (χ4v) is 2.37. The molecule has 0 aromatic heterocycles. The topological polar surface area (TPSA) is 0 Å². The normalized spacial score (nSPS) is 11.3. The minimum atomic E-state index is 1.15. The molecule has 0 aliphatic heterocycles. The van der Waals surface area contributed by atoms with Gasteiger partial charge in [0.1, 0.15) is 0 Å². The van der Waals surface area contributed by atoms with Crippen LogP contribution < -0.4 is 0 Å². The van der Waals surface area contributed by atoms with E-state index in [1.165, 1.54) is 68.9 Å². The monoisotopic (exact) mass is 271 g/mol. The summed E-state index contributed by atoms with van der Waals surface area (Å²) in [7, 11) is 0. The van der Waals surface area contributed by atoms with Crippen LogP contribution in [0.15, 0.2) is 30.3 Å². The lowest BCUT2D eigenvalue weighted by Gasteiger charge is -2.02. The summed E-state index contributed by atoms with van der Waals surface area (Å²) in [5.41, 5.74) is 2.69. The minimum Gasteiger partial charge on any atom is -0.0760 e. The van der Waals surface area contributed by atoms with Crippen LogP contribution in [-0.4, -0.2) is 0 Å². The van der Waals surface area contributed by atoms with Crippen LogP contribution in [0, 0.1) is 6.08 Å². The van der Waals surface area contributed by atoms with E-state index in [0.29, 0.717) is 0 Å². The quantitative estimate of drug-likeness (QED) is 0.404. The van der Waals surface area contributed by atoms with E-state index in [1.54, 1.807) is 0 Å². The Morgan fingerprint density at radius 3 is 2.15 bits per heavy atom. The molecule has 0 spiro atoms. The van der Waals surface area contributed by atoms with E-state index in [0.717, 1.165) is 6.42 Å². The maximum absolute atomic E-state index is 3.37. The van der Waals surface area contributed by atoms with Gasteiger partial charge in [-0.2, -0.15) is 0 Å². The lowest BCUT2D eigenvalue weighted by molar-refractivity contribution is 0.607. The first-order chi connectivity index (χ1) is 9.86. The Hall–Kier alpha value is -1.04. The molecule has 1 rings (SSSR count). The number of rotatable bonds is 11. The highest BCUT2D eigenvalue weighted by molar-refractivity contribution is 5.27. The molecule has 0 N–H and O–H groups in total. The summed E-state index contributed by atoms with van der Waals surface area (Å²) in [4.78, 5) is 0. The molecule has 111 valence electrons. The first-order valence-corrected chi connectivity index (χ1v) is 8.54. The zero-order valence-corrected chi connectivity index (χ0v) is 13.5. The third-order valence-electron chi connectivity index (χ3n) is 3.74. The Balaban J connectivity index is 2.19. The van der Waals surface area contributed by atoms with E-state index in [9.17, 15) is 0 Å². The highest BCUT2D eigenvalue weighted by Crippen LogP contribution is 2.11. The number of aryl methyl sites for hydroxylation is 1. The molecular formula is C20H31. The van der Waals surface area contributed by atoms with Gasteiger partial charge in [0.2, 0.25) is 0 Å². The lowest BCUT2D eigenvalue weighted by Crippen LogP contribution is -1.87. The van der Waals surface area contributed by atoms with Gasteiger partial charge in [-0.05, 0) is 36.5 Å². The number of allylic oxidation sites excluding steroid dienone is 1. The van der Waals surface area contributed by atoms with Gasteiger partial charge in [0, 0.05) is 0 Å². The second-order valence-corrected chi connectivity index (χ2v) is 5.71. The number of hydrogen-bond donors (Lipinski definition) is 0. The van der Waals surface area contributed by atoms with Crippen LogP contribution in [0.3, 0.4) is 0 Å². The summed E-state index contributed by atoms with van der Waals surface area (Å²) in [5, 5.41) is 0. The predicted molar refractivity (Wildman–Crippen MR) is 90.0 cm³/mol. The molecule has 0 saturated carbocycles. The standard InChI is InChI=1S/C20H31/c1-3-5-7-9-10-12-14-20-17-15-19(16-18-20)13-11-8-6-4-2/h11,15-18H,3-10,12,14H2,1-2H3. The van der Waals surface area contributed by atoms with Crippen molar-refractivity contribution in [3.8, 4) is 0 Å². The third-order valence-corrected chi connectivity index (χ3v) is 3.74. The fourth-order valence-electron chi connectivity index (χ4n) is 2.37. The first kappa shape index (κ1) is 17.0. The second kappa shape index (κ2) is 11.8. The lowest BCUT2D eigenvalue weighted by atomic mass is 10.0. The molecule has 0 aliphatic carbocycles. The van der Waals surface area contributed by atoms with Crippen LogP contribution >= 0.6 is 0 Å². The molecule has 0 bridgehead atoms.